The second-order valence-corrected chi connectivity index (χ2v) is 16.0. The Balaban J connectivity index is 0.000000323. The lowest BCUT2D eigenvalue weighted by Crippen LogP contribution is -2.33. The predicted molar refractivity (Wildman–Crippen MR) is 207 cm³/mol. The molecule has 5 aromatic rings. The SMILES string of the molecule is C1=Cc2ccccc2C=CN1.Cc1cc(-c2ccc3c(c2)CCN(CCSc2nc4cc(S(C)(=O)=O)ccc4n2C(C)C)CC3C(=O)O)no1.O=CO. The van der Waals surface area contributed by atoms with Gasteiger partial charge in [-0.15, -0.1) is 0 Å². The van der Waals surface area contributed by atoms with Gasteiger partial charge in [0.1, 0.15) is 11.5 Å². The molecule has 2 aromatic heterocycles. The van der Waals surface area contributed by atoms with E-state index in [9.17, 15) is 18.3 Å². The topological polar surface area (TPSA) is 168 Å². The van der Waals surface area contributed by atoms with Crippen LogP contribution in [0.25, 0.3) is 34.4 Å². The third kappa shape index (κ3) is 9.83. The summed E-state index contributed by atoms with van der Waals surface area (Å²) in [4.78, 5) is 27.9. The Morgan fingerprint density at radius 1 is 1.08 bits per heavy atom. The number of hydrogen-bond donors (Lipinski definition) is 3. The Hall–Kier alpha value is -5.18. The Labute approximate surface area is 313 Å². The number of hydrogen-bond acceptors (Lipinski definition) is 10. The van der Waals surface area contributed by atoms with Crippen LogP contribution in [0.15, 0.2) is 93.7 Å². The maximum absolute atomic E-state index is 12.3. The number of carboxylic acid groups (broad SMARTS) is 2. The minimum atomic E-state index is -3.32. The van der Waals surface area contributed by atoms with Crippen LogP contribution in [0.5, 0.6) is 0 Å². The highest BCUT2D eigenvalue weighted by atomic mass is 32.2. The fourth-order valence-electron chi connectivity index (χ4n) is 6.26. The normalized spacial score (nSPS) is 15.2. The molecule has 0 radical (unpaired) electrons. The van der Waals surface area contributed by atoms with Crippen LogP contribution in [0.4, 0.5) is 0 Å². The van der Waals surface area contributed by atoms with Crippen molar-refractivity contribution in [3.8, 4) is 11.3 Å². The summed E-state index contributed by atoms with van der Waals surface area (Å²) in [6.07, 6.45) is 9.94. The quantitative estimate of drug-likeness (QED) is 0.113. The highest BCUT2D eigenvalue weighted by Crippen LogP contribution is 2.32. The molecule has 0 bridgehead atoms. The van der Waals surface area contributed by atoms with E-state index in [-0.39, 0.29) is 17.4 Å². The molecule has 0 saturated heterocycles. The van der Waals surface area contributed by atoms with E-state index in [1.807, 2.05) is 61.8 Å². The Bertz CT molecular complexity index is 2210. The minimum absolute atomic E-state index is 0.147. The number of benzene rings is 3. The van der Waals surface area contributed by atoms with Gasteiger partial charge in [-0.1, -0.05) is 53.3 Å². The number of aryl methyl sites for hydroxylation is 1. The molecule has 3 N–H and O–H groups in total. The van der Waals surface area contributed by atoms with Crippen molar-refractivity contribution < 1.29 is 32.7 Å². The summed E-state index contributed by atoms with van der Waals surface area (Å²) in [5.41, 5.74) is 7.62. The van der Waals surface area contributed by atoms with Crippen LogP contribution in [0.1, 0.15) is 53.8 Å². The van der Waals surface area contributed by atoms with E-state index >= 15 is 0 Å². The molecule has 0 saturated carbocycles. The Morgan fingerprint density at radius 3 is 2.38 bits per heavy atom. The van der Waals surface area contributed by atoms with Crippen LogP contribution in [0, 0.1) is 6.92 Å². The van der Waals surface area contributed by atoms with Crippen LogP contribution in [0.2, 0.25) is 0 Å². The van der Waals surface area contributed by atoms with Crippen LogP contribution < -0.4 is 5.32 Å². The average Bonchev–Trinajstić information content (AvgIpc) is 3.56. The van der Waals surface area contributed by atoms with Crippen molar-refractivity contribution in [2.45, 2.75) is 49.2 Å². The molecular formula is C39H43N5O7S2. The van der Waals surface area contributed by atoms with E-state index in [2.05, 4.69) is 58.1 Å². The number of nitrogens with zero attached hydrogens (tertiary/aromatic N) is 4. The number of fused-ring (bicyclic) bond motifs is 3. The van der Waals surface area contributed by atoms with Crippen molar-refractivity contribution >= 4 is 57.2 Å². The molecule has 4 heterocycles. The molecule has 12 nitrogen and oxygen atoms in total. The zero-order chi connectivity index (χ0) is 38.1. The smallest absolute Gasteiger partial charge is 0.312 e. The van der Waals surface area contributed by atoms with Gasteiger partial charge in [-0.25, -0.2) is 13.4 Å². The highest BCUT2D eigenvalue weighted by molar-refractivity contribution is 7.99. The van der Waals surface area contributed by atoms with Crippen molar-refractivity contribution in [3.05, 3.63) is 107 Å². The van der Waals surface area contributed by atoms with Gasteiger partial charge in [-0.3, -0.25) is 9.59 Å². The second kappa shape index (κ2) is 17.6. The second-order valence-electron chi connectivity index (χ2n) is 12.9. The number of thioether (sulfide) groups is 1. The molecule has 2 aliphatic heterocycles. The average molecular weight is 758 g/mol. The molecule has 14 heteroatoms. The molecular weight excluding hydrogens is 715 g/mol. The van der Waals surface area contributed by atoms with Crippen LogP contribution in [-0.2, 0) is 25.8 Å². The summed E-state index contributed by atoms with van der Waals surface area (Å²) in [5, 5.41) is 24.9. The number of sulfone groups is 1. The van der Waals surface area contributed by atoms with Crippen molar-refractivity contribution in [2.75, 3.05) is 31.6 Å². The molecule has 3 aromatic carbocycles. The lowest BCUT2D eigenvalue weighted by molar-refractivity contribution is -0.139. The van der Waals surface area contributed by atoms with Gasteiger partial charge in [0.05, 0.1) is 21.8 Å². The van der Waals surface area contributed by atoms with Crippen molar-refractivity contribution in [1.82, 2.24) is 24.9 Å². The zero-order valence-corrected chi connectivity index (χ0v) is 31.6. The molecule has 0 spiro atoms. The van der Waals surface area contributed by atoms with Gasteiger partial charge in [0.25, 0.3) is 6.47 Å². The molecule has 0 aliphatic carbocycles. The van der Waals surface area contributed by atoms with E-state index in [0.29, 0.717) is 18.6 Å². The molecule has 1 unspecified atom stereocenters. The van der Waals surface area contributed by atoms with E-state index < -0.39 is 21.7 Å². The number of imidazole rings is 1. The van der Waals surface area contributed by atoms with Crippen molar-refractivity contribution in [3.63, 3.8) is 0 Å². The first-order valence-electron chi connectivity index (χ1n) is 17.0. The number of carboxylic acids is 1. The molecule has 278 valence electrons. The maximum Gasteiger partial charge on any atom is 0.312 e. The molecule has 7 rings (SSSR count). The molecule has 0 fully saturated rings. The summed E-state index contributed by atoms with van der Waals surface area (Å²) >= 11 is 1.61. The summed E-state index contributed by atoms with van der Waals surface area (Å²) in [5.74, 6) is 0.00873. The van der Waals surface area contributed by atoms with Gasteiger partial charge in [0.15, 0.2) is 15.0 Å². The Morgan fingerprint density at radius 2 is 1.77 bits per heavy atom. The Kier molecular flexibility index (Phi) is 12.9. The van der Waals surface area contributed by atoms with Gasteiger partial charge in [-0.05, 0) is 85.9 Å². The zero-order valence-electron chi connectivity index (χ0n) is 30.0. The minimum Gasteiger partial charge on any atom is -0.483 e. The molecule has 0 amide bonds. The third-order valence-electron chi connectivity index (χ3n) is 8.80. The van der Waals surface area contributed by atoms with Gasteiger partial charge >= 0.3 is 5.97 Å². The fraction of sp³-hybridized carbons (Fsp3) is 0.282. The van der Waals surface area contributed by atoms with Crippen LogP contribution >= 0.6 is 11.8 Å². The van der Waals surface area contributed by atoms with Gasteiger partial charge in [0, 0.05) is 61.7 Å². The monoisotopic (exact) mass is 757 g/mol. The summed E-state index contributed by atoms with van der Waals surface area (Å²) < 4.78 is 31.4. The van der Waals surface area contributed by atoms with E-state index in [1.54, 1.807) is 23.9 Å². The summed E-state index contributed by atoms with van der Waals surface area (Å²) in [6.45, 7) is 7.63. The predicted octanol–water partition coefficient (Wildman–Crippen LogP) is 6.73. The van der Waals surface area contributed by atoms with Crippen LogP contribution in [-0.4, -0.2) is 82.3 Å². The number of carbonyl (C=O) groups is 2. The van der Waals surface area contributed by atoms with E-state index in [4.69, 9.17) is 19.4 Å². The number of aromatic nitrogens is 3. The summed E-state index contributed by atoms with van der Waals surface area (Å²) in [6, 6.07) is 21.3. The molecule has 53 heavy (non-hydrogen) atoms. The molecule has 1 atom stereocenters. The third-order valence-corrected chi connectivity index (χ3v) is 10.8. The highest BCUT2D eigenvalue weighted by Gasteiger charge is 2.29. The lowest BCUT2D eigenvalue weighted by atomic mass is 9.92. The van der Waals surface area contributed by atoms with Crippen LogP contribution in [0.3, 0.4) is 0 Å². The number of aliphatic carboxylic acids is 1. The van der Waals surface area contributed by atoms with Gasteiger partial charge in [0.2, 0.25) is 0 Å². The van der Waals surface area contributed by atoms with E-state index in [1.165, 1.54) is 17.4 Å². The first-order chi connectivity index (χ1) is 25.4. The fourth-order valence-corrected chi connectivity index (χ4v) is 8.05. The maximum atomic E-state index is 12.3. The summed E-state index contributed by atoms with van der Waals surface area (Å²) in [7, 11) is -3.32. The van der Waals surface area contributed by atoms with Crippen molar-refractivity contribution in [1.29, 1.82) is 0 Å². The largest absolute Gasteiger partial charge is 0.483 e. The van der Waals surface area contributed by atoms with Crippen molar-refractivity contribution in [2.24, 2.45) is 0 Å². The molecule has 2 aliphatic rings. The lowest BCUT2D eigenvalue weighted by Gasteiger charge is -2.22. The van der Waals surface area contributed by atoms with Gasteiger partial charge < -0.3 is 29.5 Å². The first-order valence-corrected chi connectivity index (χ1v) is 19.9. The number of rotatable bonds is 8. The first kappa shape index (κ1) is 39.0. The standard InChI is InChI=1S/C28H32N4O5S2.C10H9N.CH2O2/c1-17(2)32-26-8-6-21(39(4,35)36)15-25(26)29-28(32)38-12-11-31-10-9-19-14-20(24-13-18(3)37-30-24)5-7-22(19)23(16-31)27(33)34;1-2-4-10-6-8-11-7-5-9(10)3-1;2-1-3/h5-8,13-15,17,23H,9-12,16H2,1-4H3,(H,33,34);1-8,11H;1H,(H,2,3). The van der Waals surface area contributed by atoms with Gasteiger partial charge in [-0.2, -0.15) is 0 Å². The number of nitrogens with one attached hydrogen (secondary N) is 1. The van der Waals surface area contributed by atoms with E-state index in [0.717, 1.165) is 57.5 Å².